The van der Waals surface area contributed by atoms with Gasteiger partial charge in [-0.15, -0.1) is 0 Å². The molecule has 0 amide bonds. The summed E-state index contributed by atoms with van der Waals surface area (Å²) in [6, 6.07) is 2.10. The lowest BCUT2D eigenvalue weighted by atomic mass is 9.89. The summed E-state index contributed by atoms with van der Waals surface area (Å²) in [5.41, 5.74) is 3.74. The second-order valence-electron chi connectivity index (χ2n) is 4.54. The van der Waals surface area contributed by atoms with Crippen molar-refractivity contribution in [3.63, 3.8) is 0 Å². The molecule has 2 nitrogen and oxygen atoms in total. The van der Waals surface area contributed by atoms with E-state index in [1.54, 1.807) is 0 Å². The molecular formula is C13H21NO. The third-order valence-corrected chi connectivity index (χ3v) is 2.65. The Kier molecular flexibility index (Phi) is 4.28. The standard InChI is InChI=1S/C13H21NO/c1-9(2)11-5-7-14-12(6-8-15)13(11)10(3)4/h5,7,9-10,15H,6,8H2,1-4H3. The number of rotatable bonds is 4. The summed E-state index contributed by atoms with van der Waals surface area (Å²) in [5.74, 6) is 0.987. The fraction of sp³-hybridized carbons (Fsp3) is 0.615. The number of aliphatic hydroxyl groups excluding tert-OH is 1. The predicted octanol–water partition coefficient (Wildman–Crippen LogP) is 2.86. The molecular weight excluding hydrogens is 186 g/mol. The number of aromatic nitrogens is 1. The van der Waals surface area contributed by atoms with Crippen molar-refractivity contribution in [2.75, 3.05) is 6.61 Å². The van der Waals surface area contributed by atoms with Crippen LogP contribution in [0.5, 0.6) is 0 Å². The van der Waals surface area contributed by atoms with Gasteiger partial charge < -0.3 is 5.11 Å². The Hall–Kier alpha value is -0.890. The fourth-order valence-electron chi connectivity index (χ4n) is 2.01. The van der Waals surface area contributed by atoms with Gasteiger partial charge >= 0.3 is 0 Å². The molecule has 2 heteroatoms. The van der Waals surface area contributed by atoms with Gasteiger partial charge in [-0.1, -0.05) is 27.7 Å². The average molecular weight is 207 g/mol. The zero-order valence-electron chi connectivity index (χ0n) is 10.1. The first kappa shape index (κ1) is 12.2. The lowest BCUT2D eigenvalue weighted by Crippen LogP contribution is -2.07. The van der Waals surface area contributed by atoms with Gasteiger partial charge in [0.2, 0.25) is 0 Å². The third kappa shape index (κ3) is 2.78. The minimum absolute atomic E-state index is 0.175. The van der Waals surface area contributed by atoms with E-state index in [0.717, 1.165) is 5.69 Å². The molecule has 1 N–H and O–H groups in total. The first-order valence-corrected chi connectivity index (χ1v) is 5.66. The number of aliphatic hydroxyl groups is 1. The van der Waals surface area contributed by atoms with E-state index < -0.39 is 0 Å². The van der Waals surface area contributed by atoms with Crippen LogP contribution in [0.1, 0.15) is 56.4 Å². The van der Waals surface area contributed by atoms with Crippen LogP contribution in [0.3, 0.4) is 0 Å². The SMILES string of the molecule is CC(C)c1ccnc(CCO)c1C(C)C. The number of hydrogen-bond donors (Lipinski definition) is 1. The zero-order chi connectivity index (χ0) is 11.4. The molecule has 0 aliphatic carbocycles. The Bertz CT molecular complexity index is 318. The molecule has 0 spiro atoms. The normalized spacial score (nSPS) is 11.4. The van der Waals surface area contributed by atoms with Gasteiger partial charge in [0.15, 0.2) is 0 Å². The molecule has 0 saturated carbocycles. The topological polar surface area (TPSA) is 33.1 Å². The average Bonchev–Trinajstić information content (AvgIpc) is 2.17. The molecule has 0 atom stereocenters. The second kappa shape index (κ2) is 5.26. The maximum atomic E-state index is 9.02. The van der Waals surface area contributed by atoms with E-state index in [1.165, 1.54) is 11.1 Å². The Morgan fingerprint density at radius 3 is 2.33 bits per heavy atom. The van der Waals surface area contributed by atoms with E-state index in [1.807, 2.05) is 6.20 Å². The summed E-state index contributed by atoms with van der Waals surface area (Å²) in [6.45, 7) is 8.94. The number of nitrogens with zero attached hydrogens (tertiary/aromatic N) is 1. The minimum Gasteiger partial charge on any atom is -0.396 e. The third-order valence-electron chi connectivity index (χ3n) is 2.65. The predicted molar refractivity (Wildman–Crippen MR) is 63.2 cm³/mol. The molecule has 1 aromatic rings. The van der Waals surface area contributed by atoms with Gasteiger partial charge in [0, 0.05) is 24.9 Å². The van der Waals surface area contributed by atoms with E-state index >= 15 is 0 Å². The van der Waals surface area contributed by atoms with Gasteiger partial charge in [0.1, 0.15) is 0 Å². The van der Waals surface area contributed by atoms with Crippen molar-refractivity contribution < 1.29 is 5.11 Å². The van der Waals surface area contributed by atoms with Crippen LogP contribution in [0.4, 0.5) is 0 Å². The molecule has 0 saturated heterocycles. The van der Waals surface area contributed by atoms with E-state index in [-0.39, 0.29) is 6.61 Å². The summed E-state index contributed by atoms with van der Waals surface area (Å²) >= 11 is 0. The maximum Gasteiger partial charge on any atom is 0.0486 e. The molecule has 1 aromatic heterocycles. The molecule has 84 valence electrons. The quantitative estimate of drug-likeness (QED) is 0.823. The maximum absolute atomic E-state index is 9.02. The van der Waals surface area contributed by atoms with Gasteiger partial charge in [-0.25, -0.2) is 0 Å². The molecule has 0 aliphatic rings. The fourth-order valence-corrected chi connectivity index (χ4v) is 2.01. The van der Waals surface area contributed by atoms with Crippen LogP contribution >= 0.6 is 0 Å². The lowest BCUT2D eigenvalue weighted by Gasteiger charge is -2.18. The summed E-state index contributed by atoms with van der Waals surface area (Å²) < 4.78 is 0. The summed E-state index contributed by atoms with van der Waals surface area (Å²) in [4.78, 5) is 4.37. The minimum atomic E-state index is 0.175. The summed E-state index contributed by atoms with van der Waals surface area (Å²) in [5, 5.41) is 9.02. The van der Waals surface area contributed by atoms with Crippen LogP contribution in [0.15, 0.2) is 12.3 Å². The molecule has 0 fully saturated rings. The van der Waals surface area contributed by atoms with Crippen molar-refractivity contribution in [3.8, 4) is 0 Å². The Labute approximate surface area is 92.4 Å². The van der Waals surface area contributed by atoms with Crippen LogP contribution < -0.4 is 0 Å². The highest BCUT2D eigenvalue weighted by molar-refractivity contribution is 5.35. The first-order chi connectivity index (χ1) is 7.07. The highest BCUT2D eigenvalue weighted by Crippen LogP contribution is 2.28. The molecule has 0 aromatic carbocycles. The van der Waals surface area contributed by atoms with Crippen molar-refractivity contribution in [3.05, 3.63) is 29.1 Å². The molecule has 0 aliphatic heterocycles. The number of pyridine rings is 1. The Morgan fingerprint density at radius 1 is 1.20 bits per heavy atom. The monoisotopic (exact) mass is 207 g/mol. The van der Waals surface area contributed by atoms with Crippen molar-refractivity contribution >= 4 is 0 Å². The number of hydrogen-bond acceptors (Lipinski definition) is 2. The molecule has 1 rings (SSSR count). The van der Waals surface area contributed by atoms with Crippen LogP contribution in [0.2, 0.25) is 0 Å². The molecule has 15 heavy (non-hydrogen) atoms. The summed E-state index contributed by atoms with van der Waals surface area (Å²) in [6.07, 6.45) is 2.51. The zero-order valence-corrected chi connectivity index (χ0v) is 10.1. The molecule has 0 bridgehead atoms. The first-order valence-electron chi connectivity index (χ1n) is 5.66. The van der Waals surface area contributed by atoms with E-state index in [2.05, 4.69) is 38.7 Å². The van der Waals surface area contributed by atoms with Gasteiger partial charge in [0.25, 0.3) is 0 Å². The van der Waals surface area contributed by atoms with Gasteiger partial charge in [-0.3, -0.25) is 4.98 Å². The highest BCUT2D eigenvalue weighted by atomic mass is 16.3. The molecule has 1 heterocycles. The van der Waals surface area contributed by atoms with E-state index in [0.29, 0.717) is 18.3 Å². The highest BCUT2D eigenvalue weighted by Gasteiger charge is 2.14. The van der Waals surface area contributed by atoms with E-state index in [4.69, 9.17) is 5.11 Å². The van der Waals surface area contributed by atoms with Gasteiger partial charge in [-0.2, -0.15) is 0 Å². The Morgan fingerprint density at radius 2 is 1.87 bits per heavy atom. The van der Waals surface area contributed by atoms with Crippen LogP contribution in [-0.2, 0) is 6.42 Å². The van der Waals surface area contributed by atoms with Crippen molar-refractivity contribution in [1.29, 1.82) is 0 Å². The second-order valence-corrected chi connectivity index (χ2v) is 4.54. The largest absolute Gasteiger partial charge is 0.396 e. The van der Waals surface area contributed by atoms with Gasteiger partial charge in [-0.05, 0) is 29.0 Å². The van der Waals surface area contributed by atoms with Crippen molar-refractivity contribution in [2.24, 2.45) is 0 Å². The summed E-state index contributed by atoms with van der Waals surface area (Å²) in [7, 11) is 0. The smallest absolute Gasteiger partial charge is 0.0486 e. The van der Waals surface area contributed by atoms with E-state index in [9.17, 15) is 0 Å². The Balaban J connectivity index is 3.22. The van der Waals surface area contributed by atoms with Gasteiger partial charge in [0.05, 0.1) is 0 Å². The molecule has 0 radical (unpaired) electrons. The van der Waals surface area contributed by atoms with Crippen molar-refractivity contribution in [2.45, 2.75) is 46.0 Å². The van der Waals surface area contributed by atoms with Crippen molar-refractivity contribution in [1.82, 2.24) is 4.98 Å². The molecule has 0 unspecified atom stereocenters. The van der Waals surface area contributed by atoms with Crippen LogP contribution in [0, 0.1) is 0 Å². The van der Waals surface area contributed by atoms with Crippen LogP contribution in [0.25, 0.3) is 0 Å². The van der Waals surface area contributed by atoms with Crippen LogP contribution in [-0.4, -0.2) is 16.7 Å². The lowest BCUT2D eigenvalue weighted by molar-refractivity contribution is 0.297.